The Kier molecular flexibility index (Phi) is 5.52. The summed E-state index contributed by atoms with van der Waals surface area (Å²) in [7, 11) is 10.3. The summed E-state index contributed by atoms with van der Waals surface area (Å²) < 4.78 is 0. The van der Waals surface area contributed by atoms with Crippen LogP contribution >= 0.6 is 0 Å². The molecule has 0 N–H and O–H groups in total. The molecule has 2 aromatic rings. The van der Waals surface area contributed by atoms with Gasteiger partial charge < -0.3 is 9.80 Å². The molecule has 4 nitrogen and oxygen atoms in total. The number of hydrogen-bond donors (Lipinski definition) is 0. The van der Waals surface area contributed by atoms with Crippen molar-refractivity contribution in [3.63, 3.8) is 0 Å². The second kappa shape index (κ2) is 8.11. The number of rotatable bonds is 4. The second-order valence-corrected chi connectivity index (χ2v) is 8.77. The van der Waals surface area contributed by atoms with E-state index in [1.54, 1.807) is 0 Å². The van der Waals surface area contributed by atoms with Crippen molar-refractivity contribution in [2.24, 2.45) is 0 Å². The zero-order valence-electron chi connectivity index (χ0n) is 18.6. The van der Waals surface area contributed by atoms with Crippen molar-refractivity contribution in [3.8, 4) is 0 Å². The molecule has 0 aliphatic carbocycles. The van der Waals surface area contributed by atoms with Crippen LogP contribution < -0.4 is 9.80 Å². The Bertz CT molecular complexity index is 904. The number of hydrogen-bond acceptors (Lipinski definition) is 4. The first-order valence-corrected chi connectivity index (χ1v) is 10.6. The van der Waals surface area contributed by atoms with E-state index in [0.29, 0.717) is 0 Å². The number of Topliss-reactive ketones (excluding diaryl/α,β-unsaturated/α-hetero) is 1. The minimum Gasteiger partial charge on any atom is -0.378 e. The first-order chi connectivity index (χ1) is 14.3. The molecule has 0 unspecified atom stereocenters. The van der Waals surface area contributed by atoms with Crippen LogP contribution in [0.15, 0.2) is 59.7 Å². The van der Waals surface area contributed by atoms with E-state index in [2.05, 4.69) is 82.4 Å². The standard InChI is InChI=1S/C26H31N3O/c1-27(2)20-10-6-18(7-11-20)16-22-24-14-15-25(29(24)5)23(26(22)30)17-19-8-12-21(13-9-19)28(3)4/h6-13,16-17,24-25H,14-15H2,1-5H3/b22-16-,23-17-/t24-,25-/m1/s1. The van der Waals surface area contributed by atoms with Gasteiger partial charge in [-0.25, -0.2) is 0 Å². The van der Waals surface area contributed by atoms with Crippen LogP contribution in [0.2, 0.25) is 0 Å². The predicted molar refractivity (Wildman–Crippen MR) is 127 cm³/mol. The number of likely N-dealkylation sites (N-methyl/N-ethyl adjacent to an activating group) is 1. The second-order valence-electron chi connectivity index (χ2n) is 8.77. The molecule has 2 saturated heterocycles. The van der Waals surface area contributed by atoms with Gasteiger partial charge in [0.25, 0.3) is 0 Å². The molecule has 0 aromatic heterocycles. The number of ketones is 1. The van der Waals surface area contributed by atoms with Crippen LogP contribution in [0.3, 0.4) is 0 Å². The van der Waals surface area contributed by atoms with E-state index in [0.717, 1.165) is 46.5 Å². The smallest absolute Gasteiger partial charge is 0.188 e. The largest absolute Gasteiger partial charge is 0.378 e. The number of carbonyl (C=O) groups excluding carboxylic acids is 1. The molecule has 2 aromatic carbocycles. The predicted octanol–water partition coefficient (Wildman–Crippen LogP) is 4.33. The molecule has 0 radical (unpaired) electrons. The Hall–Kier alpha value is -2.85. The van der Waals surface area contributed by atoms with Gasteiger partial charge in [0, 0.05) is 62.8 Å². The lowest BCUT2D eigenvalue weighted by atomic mass is 9.88. The van der Waals surface area contributed by atoms with Gasteiger partial charge in [0.15, 0.2) is 5.78 Å². The lowest BCUT2D eigenvalue weighted by Crippen LogP contribution is -2.43. The Balaban J connectivity index is 1.68. The number of benzene rings is 2. The van der Waals surface area contributed by atoms with Crippen molar-refractivity contribution in [1.82, 2.24) is 4.90 Å². The van der Waals surface area contributed by atoms with Crippen LogP contribution in [-0.4, -0.2) is 58.0 Å². The summed E-state index contributed by atoms with van der Waals surface area (Å²) >= 11 is 0. The maximum Gasteiger partial charge on any atom is 0.188 e. The monoisotopic (exact) mass is 401 g/mol. The number of nitrogens with zero attached hydrogens (tertiary/aromatic N) is 3. The third kappa shape index (κ3) is 3.80. The number of fused-ring (bicyclic) bond motifs is 2. The van der Waals surface area contributed by atoms with Crippen LogP contribution in [0.5, 0.6) is 0 Å². The summed E-state index contributed by atoms with van der Waals surface area (Å²) in [6, 6.07) is 17.2. The maximum absolute atomic E-state index is 13.5. The third-order valence-corrected chi connectivity index (χ3v) is 6.40. The van der Waals surface area contributed by atoms with Crippen molar-refractivity contribution < 1.29 is 4.79 Å². The molecular weight excluding hydrogens is 370 g/mol. The van der Waals surface area contributed by atoms with E-state index in [1.807, 2.05) is 28.2 Å². The van der Waals surface area contributed by atoms with Gasteiger partial charge in [0.05, 0.1) is 0 Å². The van der Waals surface area contributed by atoms with Crippen LogP contribution in [-0.2, 0) is 4.79 Å². The molecule has 2 fully saturated rings. The molecule has 4 heteroatoms. The fourth-order valence-electron chi connectivity index (χ4n) is 4.58. The summed E-state index contributed by atoms with van der Waals surface area (Å²) in [4.78, 5) is 20.1. The van der Waals surface area contributed by atoms with Crippen molar-refractivity contribution >= 4 is 29.3 Å². The Morgan fingerprint density at radius 2 is 1.10 bits per heavy atom. The maximum atomic E-state index is 13.5. The summed E-state index contributed by atoms with van der Waals surface area (Å²) in [5.41, 5.74) is 6.31. The quantitative estimate of drug-likeness (QED) is 0.713. The molecule has 2 heterocycles. The van der Waals surface area contributed by atoms with E-state index in [9.17, 15) is 4.79 Å². The van der Waals surface area contributed by atoms with Gasteiger partial charge >= 0.3 is 0 Å². The zero-order chi connectivity index (χ0) is 21.4. The highest BCUT2D eigenvalue weighted by atomic mass is 16.1. The van der Waals surface area contributed by atoms with Crippen LogP contribution in [0.4, 0.5) is 11.4 Å². The molecule has 2 aliphatic heterocycles. The molecule has 156 valence electrons. The fourth-order valence-corrected chi connectivity index (χ4v) is 4.58. The highest BCUT2D eigenvalue weighted by Gasteiger charge is 2.44. The normalized spacial score (nSPS) is 24.0. The molecule has 2 aliphatic rings. The molecular formula is C26H31N3O. The average Bonchev–Trinajstić information content (AvgIpc) is 3.04. The minimum absolute atomic E-state index is 0.203. The lowest BCUT2D eigenvalue weighted by molar-refractivity contribution is -0.114. The van der Waals surface area contributed by atoms with Gasteiger partial charge in [-0.1, -0.05) is 24.3 Å². The van der Waals surface area contributed by atoms with Gasteiger partial charge in [0.1, 0.15) is 0 Å². The molecule has 2 atom stereocenters. The van der Waals surface area contributed by atoms with E-state index in [-0.39, 0.29) is 17.9 Å². The van der Waals surface area contributed by atoms with Gasteiger partial charge in [-0.2, -0.15) is 0 Å². The molecule has 0 spiro atoms. The highest BCUT2D eigenvalue weighted by Crippen LogP contribution is 2.40. The molecule has 2 bridgehead atoms. The van der Waals surface area contributed by atoms with Crippen molar-refractivity contribution in [1.29, 1.82) is 0 Å². The summed E-state index contributed by atoms with van der Waals surface area (Å²) in [6.07, 6.45) is 6.25. The lowest BCUT2D eigenvalue weighted by Gasteiger charge is -2.34. The fraction of sp³-hybridized carbons (Fsp3) is 0.346. The summed E-state index contributed by atoms with van der Waals surface area (Å²) in [5.74, 6) is 0.203. The first-order valence-electron chi connectivity index (χ1n) is 10.6. The van der Waals surface area contributed by atoms with Gasteiger partial charge in [0.2, 0.25) is 0 Å². The zero-order valence-corrected chi connectivity index (χ0v) is 18.6. The molecule has 0 amide bonds. The summed E-state index contributed by atoms with van der Waals surface area (Å²) in [6.45, 7) is 0. The number of anilines is 2. The Morgan fingerprint density at radius 1 is 0.733 bits per heavy atom. The molecule has 30 heavy (non-hydrogen) atoms. The Morgan fingerprint density at radius 3 is 1.43 bits per heavy atom. The topological polar surface area (TPSA) is 26.8 Å². The van der Waals surface area contributed by atoms with Gasteiger partial charge in [-0.05, 0) is 67.4 Å². The van der Waals surface area contributed by atoms with Crippen molar-refractivity contribution in [3.05, 3.63) is 70.8 Å². The SMILES string of the molecule is CN(C)c1ccc(/C=C2\C(=O)/C(=C\c3ccc(N(C)C)cc3)[C@H]3CC[C@H]2N3C)cc1. The average molecular weight is 402 g/mol. The highest BCUT2D eigenvalue weighted by molar-refractivity contribution is 6.16. The van der Waals surface area contributed by atoms with Crippen LogP contribution in [0, 0.1) is 0 Å². The Labute approximate surface area is 180 Å². The summed E-state index contributed by atoms with van der Waals surface area (Å²) in [5, 5.41) is 0. The van der Waals surface area contributed by atoms with E-state index in [1.165, 1.54) is 0 Å². The number of carbonyl (C=O) groups is 1. The van der Waals surface area contributed by atoms with Gasteiger partial charge in [-0.15, -0.1) is 0 Å². The van der Waals surface area contributed by atoms with Crippen LogP contribution in [0.25, 0.3) is 12.2 Å². The van der Waals surface area contributed by atoms with E-state index < -0.39 is 0 Å². The van der Waals surface area contributed by atoms with E-state index in [4.69, 9.17) is 0 Å². The molecule has 4 rings (SSSR count). The van der Waals surface area contributed by atoms with Gasteiger partial charge in [-0.3, -0.25) is 9.69 Å². The number of piperidine rings is 1. The van der Waals surface area contributed by atoms with E-state index >= 15 is 0 Å². The third-order valence-electron chi connectivity index (χ3n) is 6.40. The first kappa shape index (κ1) is 20.4. The molecule has 0 saturated carbocycles. The van der Waals surface area contributed by atoms with Crippen LogP contribution in [0.1, 0.15) is 24.0 Å². The van der Waals surface area contributed by atoms with Crippen molar-refractivity contribution in [2.75, 3.05) is 45.0 Å². The van der Waals surface area contributed by atoms with Crippen molar-refractivity contribution in [2.45, 2.75) is 24.9 Å². The minimum atomic E-state index is 0.203.